The highest BCUT2D eigenvalue weighted by atomic mass is 16.3. The molecule has 1 amide bonds. The molecule has 6 heteroatoms. The van der Waals surface area contributed by atoms with Crippen LogP contribution < -0.4 is 10.9 Å². The second-order valence-electron chi connectivity index (χ2n) is 7.66. The molecule has 2 N–H and O–H groups in total. The molecule has 1 aromatic heterocycles. The van der Waals surface area contributed by atoms with Crippen LogP contribution in [0.3, 0.4) is 0 Å². The van der Waals surface area contributed by atoms with Gasteiger partial charge in [-0.1, -0.05) is 25.7 Å². The lowest BCUT2D eigenvalue weighted by atomic mass is 9.73. The van der Waals surface area contributed by atoms with Gasteiger partial charge >= 0.3 is 0 Å². The third-order valence-corrected chi connectivity index (χ3v) is 6.11. The molecule has 2 saturated carbocycles. The van der Waals surface area contributed by atoms with Crippen LogP contribution in [0.2, 0.25) is 0 Å². The van der Waals surface area contributed by atoms with Crippen molar-refractivity contribution in [3.63, 3.8) is 0 Å². The van der Waals surface area contributed by atoms with Crippen molar-refractivity contribution >= 4 is 11.6 Å². The molecule has 0 aromatic carbocycles. The first-order valence-electron chi connectivity index (χ1n) is 9.16. The van der Waals surface area contributed by atoms with Crippen LogP contribution in [0.1, 0.15) is 70.0 Å². The Balaban J connectivity index is 1.86. The van der Waals surface area contributed by atoms with Gasteiger partial charge in [0, 0.05) is 7.05 Å². The lowest BCUT2D eigenvalue weighted by Gasteiger charge is -2.37. The summed E-state index contributed by atoms with van der Waals surface area (Å²) >= 11 is 0. The van der Waals surface area contributed by atoms with Crippen LogP contribution in [-0.2, 0) is 11.8 Å². The van der Waals surface area contributed by atoms with Gasteiger partial charge in [0.25, 0.3) is 11.5 Å². The lowest BCUT2D eigenvalue weighted by molar-refractivity contribution is -0.141. The fourth-order valence-corrected chi connectivity index (χ4v) is 4.01. The predicted octanol–water partition coefficient (Wildman–Crippen LogP) is 2.49. The van der Waals surface area contributed by atoms with Gasteiger partial charge in [0.15, 0.2) is 0 Å². The minimum absolute atomic E-state index is 0.0120. The Morgan fingerprint density at radius 2 is 1.79 bits per heavy atom. The van der Waals surface area contributed by atoms with Crippen molar-refractivity contribution < 1.29 is 9.90 Å². The average Bonchev–Trinajstić information content (AvgIpc) is 2.69. The zero-order valence-corrected chi connectivity index (χ0v) is 15.0. The monoisotopic (exact) mass is 335 g/mol. The summed E-state index contributed by atoms with van der Waals surface area (Å²) in [5, 5.41) is 13.3. The first-order valence-corrected chi connectivity index (χ1v) is 9.16. The molecule has 1 heterocycles. The molecule has 134 valence electrons. The summed E-state index contributed by atoms with van der Waals surface area (Å²) in [7, 11) is 1.87. The van der Waals surface area contributed by atoms with Crippen molar-refractivity contribution in [2.24, 2.45) is 13.0 Å². The van der Waals surface area contributed by atoms with E-state index in [1.807, 2.05) is 18.7 Å². The normalized spacial score (nSPS) is 22.0. The summed E-state index contributed by atoms with van der Waals surface area (Å²) in [4.78, 5) is 25.4. The Kier molecular flexibility index (Phi) is 4.60. The van der Waals surface area contributed by atoms with E-state index >= 15 is 0 Å². The highest BCUT2D eigenvalue weighted by molar-refractivity contribution is 5.97. The van der Waals surface area contributed by atoms with Crippen LogP contribution in [0.5, 0.6) is 0 Å². The fourth-order valence-electron chi connectivity index (χ4n) is 4.01. The SMILES string of the molecule is Cc1c(NC(=O)C(C)(O)C2CCC2)c(=O)n(C2CCCCC2)n1C. The molecule has 0 saturated heterocycles. The number of amides is 1. The van der Waals surface area contributed by atoms with Gasteiger partial charge in [-0.05, 0) is 45.4 Å². The van der Waals surface area contributed by atoms with E-state index in [0.29, 0.717) is 5.69 Å². The van der Waals surface area contributed by atoms with Crippen LogP contribution in [0, 0.1) is 12.8 Å². The van der Waals surface area contributed by atoms with Crippen molar-refractivity contribution in [2.75, 3.05) is 5.32 Å². The molecule has 2 aliphatic rings. The van der Waals surface area contributed by atoms with E-state index in [2.05, 4.69) is 5.32 Å². The third-order valence-electron chi connectivity index (χ3n) is 6.11. The Labute approximate surface area is 142 Å². The van der Waals surface area contributed by atoms with Crippen molar-refractivity contribution in [3.05, 3.63) is 16.0 Å². The van der Waals surface area contributed by atoms with E-state index in [9.17, 15) is 14.7 Å². The molecular weight excluding hydrogens is 306 g/mol. The summed E-state index contributed by atoms with van der Waals surface area (Å²) in [6.45, 7) is 3.40. The van der Waals surface area contributed by atoms with E-state index in [4.69, 9.17) is 0 Å². The largest absolute Gasteiger partial charge is 0.380 e. The molecule has 1 atom stereocenters. The summed E-state index contributed by atoms with van der Waals surface area (Å²) in [5.74, 6) is -0.476. The van der Waals surface area contributed by atoms with Crippen molar-refractivity contribution in [1.29, 1.82) is 0 Å². The van der Waals surface area contributed by atoms with Crippen molar-refractivity contribution in [2.45, 2.75) is 76.9 Å². The minimum atomic E-state index is -1.41. The van der Waals surface area contributed by atoms with Crippen molar-refractivity contribution in [1.82, 2.24) is 9.36 Å². The maximum absolute atomic E-state index is 12.9. The zero-order chi connectivity index (χ0) is 17.5. The molecule has 3 rings (SSSR count). The molecule has 0 radical (unpaired) electrons. The summed E-state index contributed by atoms with van der Waals surface area (Å²) in [6.07, 6.45) is 8.28. The molecular formula is C18H29N3O3. The second kappa shape index (κ2) is 6.39. The highest BCUT2D eigenvalue weighted by Gasteiger charge is 2.43. The molecule has 0 aliphatic heterocycles. The van der Waals surface area contributed by atoms with Gasteiger partial charge in [0.1, 0.15) is 11.3 Å². The van der Waals surface area contributed by atoms with Gasteiger partial charge in [-0.2, -0.15) is 0 Å². The number of carbonyl (C=O) groups excluding carboxylic acids is 1. The number of aromatic nitrogens is 2. The maximum Gasteiger partial charge on any atom is 0.290 e. The molecule has 6 nitrogen and oxygen atoms in total. The van der Waals surface area contributed by atoms with Gasteiger partial charge in [-0.25, -0.2) is 4.68 Å². The molecule has 2 fully saturated rings. The molecule has 0 spiro atoms. The van der Waals surface area contributed by atoms with E-state index in [0.717, 1.165) is 50.6 Å². The first-order chi connectivity index (χ1) is 11.3. The van der Waals surface area contributed by atoms with Gasteiger partial charge < -0.3 is 10.4 Å². The first kappa shape index (κ1) is 17.3. The Bertz CT molecular complexity index is 676. The molecule has 1 aromatic rings. The van der Waals surface area contributed by atoms with Gasteiger partial charge in [-0.15, -0.1) is 0 Å². The predicted molar refractivity (Wildman–Crippen MR) is 93.1 cm³/mol. The molecule has 2 aliphatic carbocycles. The number of rotatable bonds is 4. The van der Waals surface area contributed by atoms with E-state index in [-0.39, 0.29) is 17.5 Å². The number of anilines is 1. The second-order valence-corrected chi connectivity index (χ2v) is 7.66. The minimum Gasteiger partial charge on any atom is -0.380 e. The smallest absolute Gasteiger partial charge is 0.290 e. The number of hydrogen-bond donors (Lipinski definition) is 2. The Morgan fingerprint density at radius 1 is 1.17 bits per heavy atom. The van der Waals surface area contributed by atoms with Gasteiger partial charge in [0.05, 0.1) is 11.7 Å². The van der Waals surface area contributed by atoms with Gasteiger partial charge in [0.2, 0.25) is 0 Å². The standard InChI is InChI=1S/C18H29N3O3/c1-12-15(19-17(23)18(2,24)13-8-7-9-13)16(22)21(20(12)3)14-10-5-4-6-11-14/h13-14,24H,4-11H2,1-3H3,(H,19,23). The van der Waals surface area contributed by atoms with E-state index in [1.54, 1.807) is 11.6 Å². The van der Waals surface area contributed by atoms with Crippen LogP contribution in [-0.4, -0.2) is 26.0 Å². The number of aliphatic hydroxyl groups is 1. The highest BCUT2D eigenvalue weighted by Crippen LogP contribution is 2.36. The van der Waals surface area contributed by atoms with Crippen LogP contribution in [0.15, 0.2) is 4.79 Å². The van der Waals surface area contributed by atoms with Crippen LogP contribution >= 0.6 is 0 Å². The van der Waals surface area contributed by atoms with Gasteiger partial charge in [-0.3, -0.25) is 14.3 Å². The summed E-state index contributed by atoms with van der Waals surface area (Å²) < 4.78 is 3.63. The number of carbonyl (C=O) groups is 1. The summed E-state index contributed by atoms with van der Waals surface area (Å²) in [6, 6.07) is 0.202. The maximum atomic E-state index is 12.9. The van der Waals surface area contributed by atoms with E-state index < -0.39 is 11.5 Å². The molecule has 1 unspecified atom stereocenters. The average molecular weight is 335 g/mol. The number of hydrogen-bond acceptors (Lipinski definition) is 3. The zero-order valence-electron chi connectivity index (χ0n) is 15.0. The molecule has 0 bridgehead atoms. The van der Waals surface area contributed by atoms with Crippen molar-refractivity contribution in [3.8, 4) is 0 Å². The Hall–Kier alpha value is -1.56. The van der Waals surface area contributed by atoms with E-state index in [1.165, 1.54) is 6.42 Å². The van der Waals surface area contributed by atoms with Crippen LogP contribution in [0.25, 0.3) is 0 Å². The number of nitrogens with zero attached hydrogens (tertiary/aromatic N) is 2. The quantitative estimate of drug-likeness (QED) is 0.887. The topological polar surface area (TPSA) is 76.3 Å². The van der Waals surface area contributed by atoms with Crippen LogP contribution in [0.4, 0.5) is 5.69 Å². The third kappa shape index (κ3) is 2.81. The Morgan fingerprint density at radius 3 is 2.33 bits per heavy atom. The number of nitrogens with one attached hydrogen (secondary N) is 1. The summed E-state index contributed by atoms with van der Waals surface area (Å²) in [5.41, 5.74) is -0.515. The lowest BCUT2D eigenvalue weighted by Crippen LogP contribution is -2.49. The molecule has 24 heavy (non-hydrogen) atoms. The fraction of sp³-hybridized carbons (Fsp3) is 0.778.